The van der Waals surface area contributed by atoms with E-state index >= 15 is 0 Å². The number of rotatable bonds is 4. The van der Waals surface area contributed by atoms with Crippen molar-refractivity contribution in [3.8, 4) is 5.75 Å². The number of amides is 2. The van der Waals surface area contributed by atoms with Gasteiger partial charge in [0.2, 0.25) is 5.91 Å². The predicted molar refractivity (Wildman–Crippen MR) is 101 cm³/mol. The van der Waals surface area contributed by atoms with Gasteiger partial charge in [-0.25, -0.2) is 5.48 Å². The SMILES string of the molecule is COC[C@H]1COc2cc(C(=O)NO)ccc2CN1C(=O)C1CCOCC1.S. The fourth-order valence-electron chi connectivity index (χ4n) is 3.38. The molecule has 0 unspecified atom stereocenters. The maximum Gasteiger partial charge on any atom is 0.274 e. The molecule has 1 aromatic rings. The van der Waals surface area contributed by atoms with E-state index in [1.807, 2.05) is 4.90 Å². The number of hydrogen-bond acceptors (Lipinski definition) is 6. The van der Waals surface area contributed by atoms with Gasteiger partial charge in [-0.1, -0.05) is 6.07 Å². The first-order valence-electron chi connectivity index (χ1n) is 8.71. The molecule has 1 aromatic carbocycles. The largest absolute Gasteiger partial charge is 0.491 e. The van der Waals surface area contributed by atoms with Gasteiger partial charge < -0.3 is 19.1 Å². The second-order valence-corrected chi connectivity index (χ2v) is 6.54. The predicted octanol–water partition coefficient (Wildman–Crippen LogP) is 1.08. The van der Waals surface area contributed by atoms with Crippen LogP contribution in [0.25, 0.3) is 0 Å². The van der Waals surface area contributed by atoms with Crippen LogP contribution in [0.15, 0.2) is 18.2 Å². The topological polar surface area (TPSA) is 97.3 Å². The first-order chi connectivity index (χ1) is 12.6. The summed E-state index contributed by atoms with van der Waals surface area (Å²) in [5.74, 6) is -0.0354. The van der Waals surface area contributed by atoms with Crippen molar-refractivity contribution in [3.05, 3.63) is 29.3 Å². The third-order valence-corrected chi connectivity index (χ3v) is 4.86. The van der Waals surface area contributed by atoms with Crippen molar-refractivity contribution in [2.75, 3.05) is 33.5 Å². The fourth-order valence-corrected chi connectivity index (χ4v) is 3.38. The van der Waals surface area contributed by atoms with E-state index in [9.17, 15) is 9.59 Å². The summed E-state index contributed by atoms with van der Waals surface area (Å²) in [7, 11) is 1.60. The average molecular weight is 398 g/mol. The molecule has 8 nitrogen and oxygen atoms in total. The summed E-state index contributed by atoms with van der Waals surface area (Å²) in [5, 5.41) is 8.80. The fraction of sp³-hybridized carbons (Fsp3) is 0.556. The molecule has 2 amide bonds. The molecule has 1 atom stereocenters. The first kappa shape index (κ1) is 21.5. The molecular weight excluding hydrogens is 372 g/mol. The Morgan fingerprint density at radius 2 is 2.07 bits per heavy atom. The van der Waals surface area contributed by atoms with Crippen molar-refractivity contribution < 1.29 is 29.0 Å². The van der Waals surface area contributed by atoms with Gasteiger partial charge in [0, 0.05) is 43.9 Å². The van der Waals surface area contributed by atoms with E-state index in [2.05, 4.69) is 0 Å². The molecule has 1 saturated heterocycles. The van der Waals surface area contributed by atoms with Crippen LogP contribution in [0.2, 0.25) is 0 Å². The van der Waals surface area contributed by atoms with E-state index in [4.69, 9.17) is 19.4 Å². The van der Waals surface area contributed by atoms with Crippen molar-refractivity contribution in [1.29, 1.82) is 0 Å². The van der Waals surface area contributed by atoms with Crippen LogP contribution < -0.4 is 10.2 Å². The summed E-state index contributed by atoms with van der Waals surface area (Å²) >= 11 is 0. The highest BCUT2D eigenvalue weighted by atomic mass is 32.1. The van der Waals surface area contributed by atoms with Gasteiger partial charge in [-0.3, -0.25) is 14.8 Å². The minimum atomic E-state index is -0.607. The first-order valence-corrected chi connectivity index (χ1v) is 8.71. The number of nitrogens with one attached hydrogen (secondary N) is 1. The molecule has 0 aliphatic carbocycles. The lowest BCUT2D eigenvalue weighted by Gasteiger charge is -2.33. The lowest BCUT2D eigenvalue weighted by atomic mass is 9.97. The van der Waals surface area contributed by atoms with Gasteiger partial charge in [0.1, 0.15) is 12.4 Å². The minimum absolute atomic E-state index is 0. The van der Waals surface area contributed by atoms with E-state index in [1.54, 1.807) is 30.8 Å². The van der Waals surface area contributed by atoms with E-state index in [1.165, 1.54) is 0 Å². The van der Waals surface area contributed by atoms with Crippen LogP contribution in [0.3, 0.4) is 0 Å². The number of carbonyl (C=O) groups excluding carboxylic acids is 2. The number of nitrogens with zero attached hydrogens (tertiary/aromatic N) is 1. The van der Waals surface area contributed by atoms with Crippen LogP contribution in [-0.2, 0) is 20.8 Å². The average Bonchev–Trinajstić information content (AvgIpc) is 2.87. The third-order valence-electron chi connectivity index (χ3n) is 4.86. The van der Waals surface area contributed by atoms with E-state index in [0.29, 0.717) is 37.7 Å². The van der Waals surface area contributed by atoms with Gasteiger partial charge in [0.15, 0.2) is 0 Å². The summed E-state index contributed by atoms with van der Waals surface area (Å²) in [5.41, 5.74) is 2.72. The standard InChI is InChI=1S/C18H24N2O6.H2S/c1-24-10-15-11-26-16-8-13(17(21)19-23)2-3-14(16)9-20(15)18(22)12-4-6-25-7-5-12;/h2-3,8,12,15,23H,4-7,9-11H2,1H3,(H,19,21);1H2/t15-;/m0./s1. The smallest absolute Gasteiger partial charge is 0.274 e. The van der Waals surface area contributed by atoms with Crippen molar-refractivity contribution >= 4 is 25.3 Å². The van der Waals surface area contributed by atoms with E-state index in [-0.39, 0.29) is 38.0 Å². The molecule has 27 heavy (non-hydrogen) atoms. The summed E-state index contributed by atoms with van der Waals surface area (Å²) in [4.78, 5) is 26.5. The maximum absolute atomic E-state index is 13.1. The Morgan fingerprint density at radius 3 is 2.74 bits per heavy atom. The molecule has 2 aliphatic rings. The maximum atomic E-state index is 13.1. The van der Waals surface area contributed by atoms with Crippen molar-refractivity contribution in [2.24, 2.45) is 5.92 Å². The lowest BCUT2D eigenvalue weighted by molar-refractivity contribution is -0.143. The molecule has 9 heteroatoms. The zero-order valence-electron chi connectivity index (χ0n) is 15.3. The summed E-state index contributed by atoms with van der Waals surface area (Å²) in [6.45, 7) is 2.24. The van der Waals surface area contributed by atoms with Crippen LogP contribution in [0.4, 0.5) is 0 Å². The van der Waals surface area contributed by atoms with Gasteiger partial charge in [-0.2, -0.15) is 13.5 Å². The molecule has 150 valence electrons. The Kier molecular flexibility index (Phi) is 7.91. The highest BCUT2D eigenvalue weighted by Crippen LogP contribution is 2.29. The van der Waals surface area contributed by atoms with Crippen LogP contribution in [-0.4, -0.2) is 61.5 Å². The van der Waals surface area contributed by atoms with Gasteiger partial charge in [-0.05, 0) is 25.0 Å². The van der Waals surface area contributed by atoms with Crippen molar-refractivity contribution in [1.82, 2.24) is 10.4 Å². The number of fused-ring (bicyclic) bond motifs is 1. The Balaban J connectivity index is 0.00000261. The van der Waals surface area contributed by atoms with E-state index in [0.717, 1.165) is 18.4 Å². The van der Waals surface area contributed by atoms with Gasteiger partial charge in [-0.15, -0.1) is 0 Å². The molecule has 0 saturated carbocycles. The van der Waals surface area contributed by atoms with Gasteiger partial charge >= 0.3 is 0 Å². The molecular formula is C18H26N2O6S. The van der Waals surface area contributed by atoms with Crippen molar-refractivity contribution in [3.63, 3.8) is 0 Å². The lowest BCUT2D eigenvalue weighted by Crippen LogP contribution is -2.47. The molecule has 0 radical (unpaired) electrons. The normalized spacial score (nSPS) is 19.9. The van der Waals surface area contributed by atoms with Crippen LogP contribution in [0, 0.1) is 5.92 Å². The second-order valence-electron chi connectivity index (χ2n) is 6.54. The Labute approximate surface area is 165 Å². The van der Waals surface area contributed by atoms with Crippen LogP contribution in [0.5, 0.6) is 5.75 Å². The highest BCUT2D eigenvalue weighted by Gasteiger charge is 2.33. The summed E-state index contributed by atoms with van der Waals surface area (Å²) < 4.78 is 16.5. The Hall–Kier alpha value is -1.81. The zero-order chi connectivity index (χ0) is 18.5. The molecule has 0 spiro atoms. The molecule has 0 bridgehead atoms. The number of benzene rings is 1. The molecule has 2 aliphatic heterocycles. The minimum Gasteiger partial charge on any atom is -0.491 e. The number of hydrogen-bond donors (Lipinski definition) is 2. The quantitative estimate of drug-likeness (QED) is 0.582. The van der Waals surface area contributed by atoms with Crippen LogP contribution in [0.1, 0.15) is 28.8 Å². The number of methoxy groups -OCH3 is 1. The summed E-state index contributed by atoms with van der Waals surface area (Å²) in [6.07, 6.45) is 1.44. The van der Waals surface area contributed by atoms with E-state index < -0.39 is 5.91 Å². The monoisotopic (exact) mass is 398 g/mol. The third kappa shape index (κ3) is 4.92. The molecule has 2 N–H and O–H groups in total. The molecule has 3 rings (SSSR count). The van der Waals surface area contributed by atoms with Gasteiger partial charge in [0.05, 0.1) is 12.6 Å². The zero-order valence-corrected chi connectivity index (χ0v) is 16.3. The number of hydroxylamine groups is 1. The van der Waals surface area contributed by atoms with Crippen molar-refractivity contribution in [2.45, 2.75) is 25.4 Å². The number of carbonyl (C=O) groups is 2. The Morgan fingerprint density at radius 1 is 1.33 bits per heavy atom. The Bertz CT molecular complexity index is 665. The summed E-state index contributed by atoms with van der Waals surface area (Å²) in [6, 6.07) is 4.71. The van der Waals surface area contributed by atoms with Gasteiger partial charge in [0.25, 0.3) is 5.91 Å². The second kappa shape index (κ2) is 9.93. The number of ether oxygens (including phenoxy) is 3. The highest BCUT2D eigenvalue weighted by molar-refractivity contribution is 7.59. The molecule has 2 heterocycles. The molecule has 0 aromatic heterocycles. The van der Waals surface area contributed by atoms with Crippen LogP contribution >= 0.6 is 13.5 Å². The molecule has 1 fully saturated rings.